The number of rotatable bonds is 2. The number of aromatic nitrogens is 1. The molecule has 0 aliphatic rings. The highest BCUT2D eigenvalue weighted by Crippen LogP contribution is 2.33. The van der Waals surface area contributed by atoms with Crippen molar-refractivity contribution in [1.82, 2.24) is 4.98 Å². The van der Waals surface area contributed by atoms with Gasteiger partial charge in [0.05, 0.1) is 0 Å². The van der Waals surface area contributed by atoms with Crippen molar-refractivity contribution >= 4 is 21.5 Å². The molecule has 1 heteroatoms. The summed E-state index contributed by atoms with van der Waals surface area (Å²) in [5.74, 6) is 0. The number of hydrogen-bond donors (Lipinski definition) is 0. The Balaban J connectivity index is 1.72. The van der Waals surface area contributed by atoms with Crippen molar-refractivity contribution in [2.24, 2.45) is 0 Å². The zero-order chi connectivity index (χ0) is 17.3. The van der Waals surface area contributed by atoms with Crippen molar-refractivity contribution in [3.8, 4) is 22.3 Å². The van der Waals surface area contributed by atoms with Gasteiger partial charge in [-0.05, 0) is 38.7 Å². The van der Waals surface area contributed by atoms with E-state index in [2.05, 4.69) is 96.0 Å². The Labute approximate surface area is 152 Å². The molecule has 0 spiro atoms. The SMILES string of the molecule is c1ccc2c(-c3cncc(-c4cccc5ccccc45)c3)cccc2c1. The quantitative estimate of drug-likeness (QED) is 0.350. The zero-order valence-electron chi connectivity index (χ0n) is 14.3. The van der Waals surface area contributed by atoms with Crippen LogP contribution in [0.15, 0.2) is 103 Å². The van der Waals surface area contributed by atoms with Gasteiger partial charge in [0.15, 0.2) is 0 Å². The molecule has 1 aromatic heterocycles. The van der Waals surface area contributed by atoms with Crippen LogP contribution in [0.25, 0.3) is 43.8 Å². The summed E-state index contributed by atoms with van der Waals surface area (Å²) in [7, 11) is 0. The minimum atomic E-state index is 1.15. The fourth-order valence-electron chi connectivity index (χ4n) is 3.69. The zero-order valence-corrected chi connectivity index (χ0v) is 14.3. The predicted octanol–water partition coefficient (Wildman–Crippen LogP) is 6.72. The number of nitrogens with zero attached hydrogens (tertiary/aromatic N) is 1. The summed E-state index contributed by atoms with van der Waals surface area (Å²) in [6, 6.07) is 32.1. The lowest BCUT2D eigenvalue weighted by Gasteiger charge is -2.10. The highest BCUT2D eigenvalue weighted by molar-refractivity contribution is 5.99. The first-order chi connectivity index (χ1) is 12.9. The molecule has 0 atom stereocenters. The highest BCUT2D eigenvalue weighted by atomic mass is 14.6. The molecule has 0 amide bonds. The minimum Gasteiger partial charge on any atom is -0.263 e. The second-order valence-electron chi connectivity index (χ2n) is 6.52. The molecule has 0 N–H and O–H groups in total. The van der Waals surface area contributed by atoms with Crippen LogP contribution in [0, 0.1) is 0 Å². The molecule has 0 aliphatic carbocycles. The van der Waals surface area contributed by atoms with E-state index in [0.717, 1.165) is 11.1 Å². The van der Waals surface area contributed by atoms with Crippen molar-refractivity contribution in [3.63, 3.8) is 0 Å². The van der Waals surface area contributed by atoms with E-state index in [9.17, 15) is 0 Å². The smallest absolute Gasteiger partial charge is 0.0347 e. The summed E-state index contributed by atoms with van der Waals surface area (Å²) < 4.78 is 0. The lowest BCUT2D eigenvalue weighted by atomic mass is 9.95. The maximum Gasteiger partial charge on any atom is 0.0347 e. The Hall–Kier alpha value is -3.45. The van der Waals surface area contributed by atoms with E-state index in [1.165, 1.54) is 32.7 Å². The average molecular weight is 331 g/mol. The third kappa shape index (κ3) is 2.46. The van der Waals surface area contributed by atoms with E-state index in [1.54, 1.807) is 0 Å². The van der Waals surface area contributed by atoms with Gasteiger partial charge < -0.3 is 0 Å². The lowest BCUT2D eigenvalue weighted by Crippen LogP contribution is -1.87. The van der Waals surface area contributed by atoms with Crippen LogP contribution >= 0.6 is 0 Å². The molecule has 0 unspecified atom stereocenters. The maximum absolute atomic E-state index is 4.55. The van der Waals surface area contributed by atoms with Gasteiger partial charge in [-0.25, -0.2) is 0 Å². The summed E-state index contributed by atoms with van der Waals surface area (Å²) in [5, 5.41) is 5.01. The normalized spacial score (nSPS) is 11.1. The lowest BCUT2D eigenvalue weighted by molar-refractivity contribution is 1.33. The van der Waals surface area contributed by atoms with Crippen LogP contribution in [-0.2, 0) is 0 Å². The highest BCUT2D eigenvalue weighted by Gasteiger charge is 2.08. The molecule has 0 fully saturated rings. The van der Waals surface area contributed by atoms with E-state index < -0.39 is 0 Å². The molecular weight excluding hydrogens is 314 g/mol. The van der Waals surface area contributed by atoms with Crippen LogP contribution in [0.2, 0.25) is 0 Å². The van der Waals surface area contributed by atoms with E-state index in [1.807, 2.05) is 12.4 Å². The van der Waals surface area contributed by atoms with E-state index in [4.69, 9.17) is 0 Å². The van der Waals surface area contributed by atoms with E-state index >= 15 is 0 Å². The van der Waals surface area contributed by atoms with Crippen molar-refractivity contribution in [1.29, 1.82) is 0 Å². The van der Waals surface area contributed by atoms with Crippen LogP contribution in [0.3, 0.4) is 0 Å². The molecule has 0 saturated carbocycles. The molecular formula is C25H17N. The van der Waals surface area contributed by atoms with Gasteiger partial charge in [0.25, 0.3) is 0 Å². The van der Waals surface area contributed by atoms with Crippen molar-refractivity contribution in [2.45, 2.75) is 0 Å². The summed E-state index contributed by atoms with van der Waals surface area (Å²) in [5.41, 5.74) is 4.73. The topological polar surface area (TPSA) is 12.9 Å². The molecule has 0 saturated heterocycles. The Morgan fingerprint density at radius 3 is 1.46 bits per heavy atom. The van der Waals surface area contributed by atoms with Crippen LogP contribution in [0.5, 0.6) is 0 Å². The second kappa shape index (κ2) is 6.12. The Bertz CT molecular complexity index is 1130. The molecule has 5 aromatic rings. The van der Waals surface area contributed by atoms with Crippen molar-refractivity contribution < 1.29 is 0 Å². The standard InChI is InChI=1S/C25H17N/c1-3-11-22-18(7-1)9-5-13-24(22)20-15-21(17-26-16-20)25-14-6-10-19-8-2-4-12-23(19)25/h1-17H. The first-order valence-corrected chi connectivity index (χ1v) is 8.81. The number of fused-ring (bicyclic) bond motifs is 2. The molecule has 26 heavy (non-hydrogen) atoms. The van der Waals surface area contributed by atoms with Gasteiger partial charge in [0.1, 0.15) is 0 Å². The van der Waals surface area contributed by atoms with Crippen LogP contribution < -0.4 is 0 Å². The summed E-state index contributed by atoms with van der Waals surface area (Å²) >= 11 is 0. The molecule has 0 radical (unpaired) electrons. The molecule has 5 rings (SSSR count). The average Bonchev–Trinajstić information content (AvgIpc) is 2.73. The van der Waals surface area contributed by atoms with Gasteiger partial charge in [-0.2, -0.15) is 0 Å². The van der Waals surface area contributed by atoms with Gasteiger partial charge in [0, 0.05) is 23.5 Å². The summed E-state index contributed by atoms with van der Waals surface area (Å²) in [6.07, 6.45) is 3.91. The van der Waals surface area contributed by atoms with Gasteiger partial charge in [-0.15, -0.1) is 0 Å². The van der Waals surface area contributed by atoms with Crippen molar-refractivity contribution in [2.75, 3.05) is 0 Å². The Morgan fingerprint density at radius 1 is 0.462 bits per heavy atom. The number of benzene rings is 4. The largest absolute Gasteiger partial charge is 0.263 e. The third-order valence-corrected chi connectivity index (χ3v) is 4.94. The monoisotopic (exact) mass is 331 g/mol. The summed E-state index contributed by atoms with van der Waals surface area (Å²) in [6.45, 7) is 0. The van der Waals surface area contributed by atoms with Gasteiger partial charge in [-0.3, -0.25) is 4.98 Å². The molecule has 1 nitrogen and oxygen atoms in total. The molecule has 1 heterocycles. The van der Waals surface area contributed by atoms with Crippen LogP contribution in [0.1, 0.15) is 0 Å². The first-order valence-electron chi connectivity index (χ1n) is 8.81. The first kappa shape index (κ1) is 14.9. The van der Waals surface area contributed by atoms with Gasteiger partial charge in [-0.1, -0.05) is 84.9 Å². The van der Waals surface area contributed by atoms with E-state index in [-0.39, 0.29) is 0 Å². The van der Waals surface area contributed by atoms with Gasteiger partial charge >= 0.3 is 0 Å². The van der Waals surface area contributed by atoms with Crippen LogP contribution in [-0.4, -0.2) is 4.98 Å². The fraction of sp³-hybridized carbons (Fsp3) is 0. The molecule has 122 valence electrons. The fourth-order valence-corrected chi connectivity index (χ4v) is 3.69. The molecule has 0 aliphatic heterocycles. The summed E-state index contributed by atoms with van der Waals surface area (Å²) in [4.78, 5) is 4.55. The van der Waals surface area contributed by atoms with Crippen molar-refractivity contribution in [3.05, 3.63) is 103 Å². The second-order valence-corrected chi connectivity index (χ2v) is 6.52. The molecule has 0 bridgehead atoms. The number of pyridine rings is 1. The maximum atomic E-state index is 4.55. The third-order valence-electron chi connectivity index (χ3n) is 4.94. The Morgan fingerprint density at radius 2 is 0.923 bits per heavy atom. The van der Waals surface area contributed by atoms with Gasteiger partial charge in [0.2, 0.25) is 0 Å². The Kier molecular flexibility index (Phi) is 3.50. The minimum absolute atomic E-state index is 1.15. The predicted molar refractivity (Wildman–Crippen MR) is 110 cm³/mol. The molecule has 4 aromatic carbocycles. The van der Waals surface area contributed by atoms with E-state index in [0.29, 0.717) is 0 Å². The van der Waals surface area contributed by atoms with Crippen LogP contribution in [0.4, 0.5) is 0 Å². The number of hydrogen-bond acceptors (Lipinski definition) is 1.